The minimum atomic E-state index is -2.76. The first-order chi connectivity index (χ1) is 9.93. The van der Waals surface area contributed by atoms with E-state index in [0.29, 0.717) is 12.6 Å². The molecule has 21 heavy (non-hydrogen) atoms. The predicted molar refractivity (Wildman–Crippen MR) is 71.2 cm³/mol. The molecule has 3 heterocycles. The molecule has 0 N–H and O–H groups in total. The minimum absolute atomic E-state index is 0.154. The molecule has 0 radical (unpaired) electrons. The van der Waals surface area contributed by atoms with E-state index >= 15 is 0 Å². The molecular weight excluding hydrogens is 280 g/mol. The van der Waals surface area contributed by atoms with Gasteiger partial charge < -0.3 is 4.90 Å². The number of aromatic nitrogens is 3. The number of carbonyl (C=O) groups excluding carboxylic acids is 1. The van der Waals surface area contributed by atoms with Crippen molar-refractivity contribution in [3.8, 4) is 0 Å². The van der Waals surface area contributed by atoms with E-state index in [9.17, 15) is 13.6 Å². The Bertz CT molecular complexity index is 546. The second-order valence-electron chi connectivity index (χ2n) is 6.07. The number of carbonyl (C=O) groups is 1. The van der Waals surface area contributed by atoms with E-state index < -0.39 is 12.2 Å². The molecule has 0 bridgehead atoms. The van der Waals surface area contributed by atoms with Crippen LogP contribution in [0.3, 0.4) is 0 Å². The van der Waals surface area contributed by atoms with Crippen LogP contribution in [-0.4, -0.2) is 61.8 Å². The fourth-order valence-corrected chi connectivity index (χ4v) is 3.18. The summed E-state index contributed by atoms with van der Waals surface area (Å²) in [6.45, 7) is 6.72. The van der Waals surface area contributed by atoms with Crippen molar-refractivity contribution in [2.75, 3.05) is 19.6 Å². The summed E-state index contributed by atoms with van der Waals surface area (Å²) in [4.78, 5) is 20.0. The lowest BCUT2D eigenvalue weighted by Crippen LogP contribution is -2.64. The van der Waals surface area contributed by atoms with E-state index in [0.717, 1.165) is 36.9 Å². The van der Waals surface area contributed by atoms with Crippen LogP contribution in [0, 0.1) is 0 Å². The molecule has 1 aromatic heterocycles. The fourth-order valence-electron chi connectivity index (χ4n) is 3.18. The van der Waals surface area contributed by atoms with Crippen LogP contribution in [0.25, 0.3) is 0 Å². The van der Waals surface area contributed by atoms with E-state index in [4.69, 9.17) is 0 Å². The maximum Gasteiger partial charge on any atom is 0.346 e. The summed E-state index contributed by atoms with van der Waals surface area (Å²) in [7, 11) is 0. The second-order valence-corrected chi connectivity index (χ2v) is 6.07. The standard InChI is InChI=1S/C13H19F2N5O/c1-9(2)18-5-3-13(7-18)4-6-19(13)12(21)20-8-16-11(17-20)10(14)15/h8-10H,3-7H2,1-2H3/t13-/m1/s1. The van der Waals surface area contributed by atoms with E-state index in [1.165, 1.54) is 0 Å². The Hall–Kier alpha value is -1.57. The van der Waals surface area contributed by atoms with Gasteiger partial charge in [0.1, 0.15) is 6.33 Å². The highest BCUT2D eigenvalue weighted by atomic mass is 19.3. The lowest BCUT2D eigenvalue weighted by atomic mass is 9.84. The highest BCUT2D eigenvalue weighted by molar-refractivity contribution is 5.77. The zero-order valence-electron chi connectivity index (χ0n) is 12.2. The van der Waals surface area contributed by atoms with Crippen molar-refractivity contribution in [2.24, 2.45) is 0 Å². The average Bonchev–Trinajstić information content (AvgIpc) is 3.06. The van der Waals surface area contributed by atoms with Gasteiger partial charge in [-0.05, 0) is 26.7 Å². The van der Waals surface area contributed by atoms with Crippen molar-refractivity contribution in [3.05, 3.63) is 12.2 Å². The van der Waals surface area contributed by atoms with Crippen LogP contribution in [0.1, 0.15) is 38.9 Å². The maximum atomic E-state index is 12.5. The molecule has 0 aliphatic carbocycles. The van der Waals surface area contributed by atoms with Gasteiger partial charge in [0.25, 0.3) is 6.43 Å². The monoisotopic (exact) mass is 299 g/mol. The second kappa shape index (κ2) is 5.01. The summed E-state index contributed by atoms with van der Waals surface area (Å²) < 4.78 is 25.9. The number of halogens is 2. The molecule has 2 aliphatic heterocycles. The van der Waals surface area contributed by atoms with Gasteiger partial charge >= 0.3 is 6.03 Å². The molecule has 116 valence electrons. The Morgan fingerprint density at radius 3 is 2.52 bits per heavy atom. The van der Waals surface area contributed by atoms with Crippen molar-refractivity contribution in [1.29, 1.82) is 0 Å². The van der Waals surface area contributed by atoms with Crippen LogP contribution < -0.4 is 0 Å². The molecule has 1 amide bonds. The lowest BCUT2D eigenvalue weighted by Gasteiger charge is -2.50. The van der Waals surface area contributed by atoms with Crippen molar-refractivity contribution >= 4 is 6.03 Å². The van der Waals surface area contributed by atoms with Gasteiger partial charge in [-0.1, -0.05) is 0 Å². The van der Waals surface area contributed by atoms with Crippen LogP contribution in [0.15, 0.2) is 6.33 Å². The number of amides is 1. The van der Waals surface area contributed by atoms with Crippen molar-refractivity contribution in [2.45, 2.75) is 44.7 Å². The summed E-state index contributed by atoms with van der Waals surface area (Å²) in [5.74, 6) is -0.604. The van der Waals surface area contributed by atoms with Crippen LogP contribution in [0.5, 0.6) is 0 Å². The highest BCUT2D eigenvalue weighted by Crippen LogP contribution is 2.40. The molecule has 0 aromatic carbocycles. The van der Waals surface area contributed by atoms with Gasteiger partial charge in [0.05, 0.1) is 5.54 Å². The largest absolute Gasteiger partial charge is 0.346 e. The van der Waals surface area contributed by atoms with Gasteiger partial charge in [0, 0.05) is 25.7 Å². The zero-order valence-corrected chi connectivity index (χ0v) is 12.2. The van der Waals surface area contributed by atoms with E-state index in [1.807, 2.05) is 0 Å². The normalized spacial score (nSPS) is 26.1. The first-order valence-electron chi connectivity index (χ1n) is 7.19. The number of alkyl halides is 2. The topological polar surface area (TPSA) is 54.3 Å². The Kier molecular flexibility index (Phi) is 3.43. The predicted octanol–water partition coefficient (Wildman–Crippen LogP) is 1.74. The molecule has 6 nitrogen and oxygen atoms in total. The maximum absolute atomic E-state index is 12.5. The lowest BCUT2D eigenvalue weighted by molar-refractivity contribution is 0.0273. The van der Waals surface area contributed by atoms with Crippen LogP contribution in [0.4, 0.5) is 13.6 Å². The molecule has 2 saturated heterocycles. The summed E-state index contributed by atoms with van der Waals surface area (Å²) in [6.07, 6.45) is 0.198. The zero-order chi connectivity index (χ0) is 15.2. The Morgan fingerprint density at radius 1 is 1.33 bits per heavy atom. The molecule has 1 spiro atoms. The fraction of sp³-hybridized carbons (Fsp3) is 0.769. The highest BCUT2D eigenvalue weighted by Gasteiger charge is 2.52. The van der Waals surface area contributed by atoms with Crippen LogP contribution in [-0.2, 0) is 0 Å². The molecule has 8 heteroatoms. The summed E-state index contributed by atoms with van der Waals surface area (Å²) in [5.41, 5.74) is -0.154. The molecule has 0 saturated carbocycles. The quantitative estimate of drug-likeness (QED) is 0.835. The molecule has 0 unspecified atom stereocenters. The smallest absolute Gasteiger partial charge is 0.316 e. The molecule has 2 aliphatic rings. The van der Waals surface area contributed by atoms with E-state index in [2.05, 4.69) is 28.8 Å². The van der Waals surface area contributed by atoms with Gasteiger partial charge in [-0.3, -0.25) is 4.90 Å². The third-order valence-corrected chi connectivity index (χ3v) is 4.60. The molecule has 1 atom stereocenters. The number of hydrogen-bond donors (Lipinski definition) is 0. The number of hydrogen-bond acceptors (Lipinski definition) is 4. The average molecular weight is 299 g/mol. The molecule has 2 fully saturated rings. The van der Waals surface area contributed by atoms with E-state index in [1.54, 1.807) is 4.90 Å². The minimum Gasteiger partial charge on any atom is -0.316 e. The van der Waals surface area contributed by atoms with Crippen LogP contribution in [0.2, 0.25) is 0 Å². The Balaban J connectivity index is 1.73. The van der Waals surface area contributed by atoms with Gasteiger partial charge in [-0.2, -0.15) is 4.68 Å². The molecule has 3 rings (SSSR count). The van der Waals surface area contributed by atoms with E-state index in [-0.39, 0.29) is 11.6 Å². The summed E-state index contributed by atoms with van der Waals surface area (Å²) >= 11 is 0. The first kappa shape index (κ1) is 14.4. The number of nitrogens with zero attached hydrogens (tertiary/aromatic N) is 5. The third kappa shape index (κ3) is 2.31. The van der Waals surface area contributed by atoms with Crippen molar-refractivity contribution < 1.29 is 13.6 Å². The van der Waals surface area contributed by atoms with Crippen molar-refractivity contribution in [3.63, 3.8) is 0 Å². The first-order valence-corrected chi connectivity index (χ1v) is 7.19. The van der Waals surface area contributed by atoms with Gasteiger partial charge in [0.2, 0.25) is 5.82 Å². The molecule has 1 aromatic rings. The third-order valence-electron chi connectivity index (χ3n) is 4.60. The number of likely N-dealkylation sites (tertiary alicyclic amines) is 2. The van der Waals surface area contributed by atoms with Gasteiger partial charge in [0.15, 0.2) is 0 Å². The Morgan fingerprint density at radius 2 is 2.05 bits per heavy atom. The van der Waals surface area contributed by atoms with Gasteiger partial charge in [-0.15, -0.1) is 5.10 Å². The van der Waals surface area contributed by atoms with Crippen molar-refractivity contribution in [1.82, 2.24) is 24.6 Å². The summed E-state index contributed by atoms with van der Waals surface area (Å²) in [5, 5.41) is 3.57. The van der Waals surface area contributed by atoms with Gasteiger partial charge in [-0.25, -0.2) is 18.6 Å². The SMILES string of the molecule is CC(C)N1CC[C@@]2(CCN2C(=O)n2cnc(C(F)F)n2)C1. The summed E-state index contributed by atoms with van der Waals surface area (Å²) in [6, 6.07) is 0.0880. The Labute approximate surface area is 121 Å². The molecular formula is C13H19F2N5O. The van der Waals surface area contributed by atoms with Crippen LogP contribution >= 0.6 is 0 Å². The number of rotatable bonds is 2.